The third kappa shape index (κ3) is 4.56. The predicted octanol–water partition coefficient (Wildman–Crippen LogP) is 1.06. The predicted molar refractivity (Wildman–Crippen MR) is 117 cm³/mol. The van der Waals surface area contributed by atoms with Crippen LogP contribution in [0.3, 0.4) is 0 Å². The first kappa shape index (κ1) is 22.5. The van der Waals surface area contributed by atoms with E-state index in [2.05, 4.69) is 5.10 Å². The van der Waals surface area contributed by atoms with Crippen LogP contribution >= 0.6 is 11.6 Å². The van der Waals surface area contributed by atoms with Gasteiger partial charge in [-0.05, 0) is 18.6 Å². The Morgan fingerprint density at radius 2 is 1.91 bits per heavy atom. The van der Waals surface area contributed by atoms with Gasteiger partial charge in [-0.25, -0.2) is 13.4 Å². The molecule has 2 fully saturated rings. The van der Waals surface area contributed by atoms with Crippen molar-refractivity contribution >= 4 is 50.3 Å². The van der Waals surface area contributed by atoms with Gasteiger partial charge in [0.2, 0.25) is 5.91 Å². The van der Waals surface area contributed by atoms with E-state index >= 15 is 0 Å². The molecule has 0 aromatic heterocycles. The Balaban J connectivity index is 1.44. The van der Waals surface area contributed by atoms with Gasteiger partial charge in [0.25, 0.3) is 11.6 Å². The van der Waals surface area contributed by atoms with Gasteiger partial charge < -0.3 is 9.80 Å². The molecule has 0 aliphatic carbocycles. The maximum atomic E-state index is 13.0. The second-order valence-corrected chi connectivity index (χ2v) is 10.7. The summed E-state index contributed by atoms with van der Waals surface area (Å²) in [4.78, 5) is 39.6. The third-order valence-corrected chi connectivity index (χ3v) is 7.89. The summed E-state index contributed by atoms with van der Waals surface area (Å²) in [6, 6.07) is 3.97. The molecule has 2 amide bonds. The van der Waals surface area contributed by atoms with E-state index in [1.807, 2.05) is 4.90 Å². The first-order valence-electron chi connectivity index (χ1n) is 10.2. The Hall–Kier alpha value is -2.73. The van der Waals surface area contributed by atoms with Gasteiger partial charge in [-0.1, -0.05) is 11.6 Å². The van der Waals surface area contributed by atoms with Crippen LogP contribution in [0.4, 0.5) is 11.4 Å². The Morgan fingerprint density at radius 3 is 2.53 bits per heavy atom. The highest BCUT2D eigenvalue weighted by Gasteiger charge is 2.38. The molecule has 3 heterocycles. The smallest absolute Gasteiger partial charge is 0.294 e. The molecule has 1 atom stereocenters. The SMILES string of the molecule is O=C(C1=NN([C@H]2CCS(=O)(=O)C2)C(=O)CC1)N1CCN(c2ccc(Cl)cc2[N+](=O)[O-])CC1. The minimum Gasteiger partial charge on any atom is -0.362 e. The number of hydrogen-bond acceptors (Lipinski definition) is 8. The number of piperazine rings is 1. The van der Waals surface area contributed by atoms with E-state index in [0.717, 1.165) is 0 Å². The van der Waals surface area contributed by atoms with Crippen LogP contribution in [0.1, 0.15) is 19.3 Å². The van der Waals surface area contributed by atoms with Crippen molar-refractivity contribution in [3.63, 3.8) is 0 Å². The molecule has 0 N–H and O–H groups in total. The molecule has 13 heteroatoms. The molecular weight excluding hydrogens is 462 g/mol. The summed E-state index contributed by atoms with van der Waals surface area (Å²) in [6.45, 7) is 1.46. The largest absolute Gasteiger partial charge is 0.362 e. The number of hydrazone groups is 1. The molecule has 0 bridgehead atoms. The Kier molecular flexibility index (Phi) is 6.08. The Morgan fingerprint density at radius 1 is 1.19 bits per heavy atom. The Labute approximate surface area is 189 Å². The number of rotatable bonds is 4. The number of nitrogens with zero attached hydrogens (tertiary/aromatic N) is 5. The summed E-state index contributed by atoms with van der Waals surface area (Å²) < 4.78 is 23.5. The van der Waals surface area contributed by atoms with Crippen molar-refractivity contribution in [1.82, 2.24) is 9.91 Å². The number of amides is 2. The second kappa shape index (κ2) is 8.66. The van der Waals surface area contributed by atoms with E-state index in [0.29, 0.717) is 38.3 Å². The van der Waals surface area contributed by atoms with Crippen molar-refractivity contribution in [1.29, 1.82) is 0 Å². The van der Waals surface area contributed by atoms with Crippen molar-refractivity contribution in [2.75, 3.05) is 42.6 Å². The molecule has 0 saturated carbocycles. The van der Waals surface area contributed by atoms with Crippen molar-refractivity contribution in [3.8, 4) is 0 Å². The lowest BCUT2D eigenvalue weighted by atomic mass is 10.1. The molecule has 172 valence electrons. The van der Waals surface area contributed by atoms with Crippen LogP contribution in [0, 0.1) is 10.1 Å². The number of carbonyl (C=O) groups is 2. The van der Waals surface area contributed by atoms with Crippen LogP contribution in [-0.4, -0.2) is 84.5 Å². The number of sulfone groups is 1. The highest BCUT2D eigenvalue weighted by atomic mass is 35.5. The normalized spacial score (nSPS) is 23.3. The molecule has 3 aliphatic rings. The zero-order valence-corrected chi connectivity index (χ0v) is 18.7. The molecular formula is C19H22ClN5O6S. The van der Waals surface area contributed by atoms with Crippen LogP contribution < -0.4 is 4.90 Å². The zero-order valence-electron chi connectivity index (χ0n) is 17.1. The van der Waals surface area contributed by atoms with Gasteiger partial charge in [-0.2, -0.15) is 5.10 Å². The van der Waals surface area contributed by atoms with Crippen LogP contribution in [0.5, 0.6) is 0 Å². The standard InChI is InChI=1S/C19H22ClN5O6S/c20-13-1-3-16(17(11-13)25(28)29)22-6-8-23(9-7-22)19(27)15-2-4-18(26)24(21-15)14-5-10-32(30,31)12-14/h1,3,11,14H,2,4-10,12H2/t14-/m0/s1. The number of benzene rings is 1. The summed E-state index contributed by atoms with van der Waals surface area (Å²) in [5.41, 5.74) is 0.593. The molecule has 4 rings (SSSR count). The number of anilines is 1. The van der Waals surface area contributed by atoms with Gasteiger partial charge in [-0.3, -0.25) is 19.7 Å². The maximum Gasteiger partial charge on any atom is 0.294 e. The zero-order chi connectivity index (χ0) is 23.0. The monoisotopic (exact) mass is 483 g/mol. The van der Waals surface area contributed by atoms with Crippen LogP contribution in [0.25, 0.3) is 0 Å². The van der Waals surface area contributed by atoms with Gasteiger partial charge in [0.05, 0.1) is 22.5 Å². The van der Waals surface area contributed by atoms with E-state index < -0.39 is 20.8 Å². The molecule has 0 spiro atoms. The van der Waals surface area contributed by atoms with Crippen molar-refractivity contribution in [2.24, 2.45) is 5.10 Å². The molecule has 32 heavy (non-hydrogen) atoms. The third-order valence-electron chi connectivity index (χ3n) is 5.90. The highest BCUT2D eigenvalue weighted by Crippen LogP contribution is 2.32. The van der Waals surface area contributed by atoms with Crippen LogP contribution in [0.2, 0.25) is 5.02 Å². The van der Waals surface area contributed by atoms with Crippen molar-refractivity contribution < 1.29 is 22.9 Å². The van der Waals surface area contributed by atoms with Crippen LogP contribution in [-0.2, 0) is 19.4 Å². The van der Waals surface area contributed by atoms with E-state index in [-0.39, 0.29) is 52.6 Å². The molecule has 11 nitrogen and oxygen atoms in total. The number of halogens is 1. The fourth-order valence-corrected chi connectivity index (χ4v) is 6.08. The average molecular weight is 484 g/mol. The molecule has 3 aliphatic heterocycles. The Bertz CT molecular complexity index is 1100. The fourth-order valence-electron chi connectivity index (χ4n) is 4.22. The first-order valence-corrected chi connectivity index (χ1v) is 12.4. The van der Waals surface area contributed by atoms with Crippen molar-refractivity contribution in [3.05, 3.63) is 33.3 Å². The van der Waals surface area contributed by atoms with Gasteiger partial charge in [0.15, 0.2) is 9.84 Å². The molecule has 0 unspecified atom stereocenters. The average Bonchev–Trinajstić information content (AvgIpc) is 3.13. The van der Waals surface area contributed by atoms with E-state index in [1.54, 1.807) is 17.0 Å². The van der Waals surface area contributed by atoms with Gasteiger partial charge in [0, 0.05) is 50.1 Å². The van der Waals surface area contributed by atoms with E-state index in [1.165, 1.54) is 11.1 Å². The molecule has 1 aromatic rings. The van der Waals surface area contributed by atoms with Crippen LogP contribution in [0.15, 0.2) is 23.3 Å². The van der Waals surface area contributed by atoms with E-state index in [4.69, 9.17) is 11.6 Å². The topological polar surface area (TPSA) is 134 Å². The summed E-state index contributed by atoms with van der Waals surface area (Å²) in [5, 5.41) is 17.1. The number of hydrogen-bond donors (Lipinski definition) is 0. The lowest BCUT2D eigenvalue weighted by Crippen LogP contribution is -2.52. The van der Waals surface area contributed by atoms with E-state index in [9.17, 15) is 28.1 Å². The first-order chi connectivity index (χ1) is 15.1. The number of nitro benzene ring substituents is 1. The molecule has 1 aromatic carbocycles. The van der Waals surface area contributed by atoms with Gasteiger partial charge in [0.1, 0.15) is 11.4 Å². The molecule has 2 saturated heterocycles. The van der Waals surface area contributed by atoms with Gasteiger partial charge in [-0.15, -0.1) is 0 Å². The minimum atomic E-state index is -3.19. The summed E-state index contributed by atoms with van der Waals surface area (Å²) >= 11 is 5.88. The summed E-state index contributed by atoms with van der Waals surface area (Å²) in [7, 11) is -3.19. The summed E-state index contributed by atoms with van der Waals surface area (Å²) in [6.07, 6.45) is 0.631. The highest BCUT2D eigenvalue weighted by molar-refractivity contribution is 7.91. The van der Waals surface area contributed by atoms with Gasteiger partial charge >= 0.3 is 0 Å². The lowest BCUT2D eigenvalue weighted by Gasteiger charge is -2.36. The summed E-state index contributed by atoms with van der Waals surface area (Å²) in [5.74, 6) is -0.696. The quantitative estimate of drug-likeness (QED) is 0.461. The number of nitro groups is 1. The second-order valence-electron chi connectivity index (χ2n) is 8.01. The maximum absolute atomic E-state index is 13.0. The molecule has 0 radical (unpaired) electrons. The minimum absolute atomic E-state index is 0.0129. The fraction of sp³-hybridized carbons (Fsp3) is 0.526. The van der Waals surface area contributed by atoms with Crippen molar-refractivity contribution in [2.45, 2.75) is 25.3 Å². The lowest BCUT2D eigenvalue weighted by molar-refractivity contribution is -0.384. The number of carbonyl (C=O) groups excluding carboxylic acids is 2.